The van der Waals surface area contributed by atoms with Crippen molar-refractivity contribution in [3.63, 3.8) is 0 Å². The van der Waals surface area contributed by atoms with Gasteiger partial charge in [-0.15, -0.1) is 11.8 Å². The van der Waals surface area contributed by atoms with Crippen molar-refractivity contribution >= 4 is 56.0 Å². The van der Waals surface area contributed by atoms with Gasteiger partial charge in [-0.05, 0) is 37.7 Å². The molecule has 2 atom stereocenters. The van der Waals surface area contributed by atoms with Gasteiger partial charge in [-0.25, -0.2) is 12.8 Å². The van der Waals surface area contributed by atoms with Crippen LogP contribution in [-0.2, 0) is 16.2 Å². The lowest BCUT2D eigenvalue weighted by molar-refractivity contribution is -0.137. The molecule has 3 N–H and O–H groups in total. The van der Waals surface area contributed by atoms with Crippen molar-refractivity contribution in [2.75, 3.05) is 36.1 Å². The van der Waals surface area contributed by atoms with Gasteiger partial charge in [0.1, 0.15) is 16.9 Å². The number of benzene rings is 2. The fourth-order valence-corrected chi connectivity index (χ4v) is 6.14. The Morgan fingerprint density at radius 3 is 2.60 bits per heavy atom. The molecule has 2 unspecified atom stereocenters. The molecule has 2 aromatic rings. The molecular weight excluding hydrogens is 530 g/mol. The van der Waals surface area contributed by atoms with E-state index in [-0.39, 0.29) is 28.1 Å². The highest BCUT2D eigenvalue weighted by Gasteiger charge is 2.33. The molecule has 7 nitrogen and oxygen atoms in total. The molecule has 35 heavy (non-hydrogen) atoms. The van der Waals surface area contributed by atoms with E-state index in [2.05, 4.69) is 20.3 Å². The summed E-state index contributed by atoms with van der Waals surface area (Å²) < 4.78 is 82.6. The van der Waals surface area contributed by atoms with Crippen molar-refractivity contribution in [1.82, 2.24) is 10.0 Å². The molecular formula is C21H22ClF4N5O2S2. The minimum atomic E-state index is -4.54. The molecule has 0 spiro atoms. The number of hydrogen-bond donors (Lipinski definition) is 3. The van der Waals surface area contributed by atoms with Gasteiger partial charge < -0.3 is 15.5 Å². The number of rotatable bonds is 7. The molecule has 2 aromatic carbocycles. The van der Waals surface area contributed by atoms with Gasteiger partial charge in [-0.2, -0.15) is 17.9 Å². The van der Waals surface area contributed by atoms with Gasteiger partial charge in [0.15, 0.2) is 0 Å². The van der Waals surface area contributed by atoms with Crippen LogP contribution < -0.4 is 20.3 Å². The lowest BCUT2D eigenvalue weighted by atomic mass is 10.1. The number of nitrogens with one attached hydrogen (secondary N) is 3. The van der Waals surface area contributed by atoms with Crippen molar-refractivity contribution in [1.29, 1.82) is 0 Å². The Kier molecular flexibility index (Phi) is 7.53. The number of anilines is 3. The van der Waals surface area contributed by atoms with Crippen LogP contribution in [-0.4, -0.2) is 52.1 Å². The van der Waals surface area contributed by atoms with Crippen molar-refractivity contribution < 1.29 is 26.0 Å². The smallest absolute Gasteiger partial charge is 0.368 e. The predicted molar refractivity (Wildman–Crippen MR) is 131 cm³/mol. The van der Waals surface area contributed by atoms with E-state index in [0.29, 0.717) is 18.8 Å². The predicted octanol–water partition coefficient (Wildman–Crippen LogP) is 4.42. The summed E-state index contributed by atoms with van der Waals surface area (Å²) in [5, 5.41) is 5.88. The largest absolute Gasteiger partial charge is 0.416 e. The van der Waals surface area contributed by atoms with E-state index < -0.39 is 38.6 Å². The van der Waals surface area contributed by atoms with Crippen LogP contribution in [0.1, 0.15) is 12.0 Å². The van der Waals surface area contributed by atoms with E-state index in [4.69, 9.17) is 11.6 Å². The van der Waals surface area contributed by atoms with Gasteiger partial charge in [-0.1, -0.05) is 11.6 Å². The topological polar surface area (TPSA) is 85.8 Å². The van der Waals surface area contributed by atoms with Crippen LogP contribution in [0.3, 0.4) is 0 Å². The number of sulfonamides is 1. The number of alkyl halides is 3. The average Bonchev–Trinajstić information content (AvgIpc) is 3.47. The van der Waals surface area contributed by atoms with E-state index in [1.807, 2.05) is 0 Å². The zero-order valence-corrected chi connectivity index (χ0v) is 20.8. The second kappa shape index (κ2) is 10.1. The first-order valence-electron chi connectivity index (χ1n) is 10.5. The Balaban J connectivity index is 1.65. The van der Waals surface area contributed by atoms with Gasteiger partial charge >= 0.3 is 6.18 Å². The van der Waals surface area contributed by atoms with Gasteiger partial charge in [0, 0.05) is 31.0 Å². The summed E-state index contributed by atoms with van der Waals surface area (Å²) in [5.74, 6) is -0.681. The van der Waals surface area contributed by atoms with Crippen LogP contribution in [0.4, 0.5) is 34.6 Å². The lowest BCUT2D eigenvalue weighted by Crippen LogP contribution is -2.34. The molecule has 0 aliphatic carbocycles. The number of likely N-dealkylation sites (N-methyl/N-ethyl adjacent to an activating group) is 1. The summed E-state index contributed by atoms with van der Waals surface area (Å²) in [6, 6.07) is 5.19. The van der Waals surface area contributed by atoms with E-state index in [0.717, 1.165) is 30.7 Å². The van der Waals surface area contributed by atoms with E-state index in [1.165, 1.54) is 23.4 Å². The zero-order chi connectivity index (χ0) is 25.4. The lowest BCUT2D eigenvalue weighted by Gasteiger charge is -2.24. The Morgan fingerprint density at radius 1 is 1.20 bits per heavy atom. The molecule has 1 saturated heterocycles. The Hall–Kier alpha value is -2.06. The number of aliphatic imine (C=N–C) groups is 1. The third-order valence-electron chi connectivity index (χ3n) is 5.70. The number of hydrogen-bond acceptors (Lipinski definition) is 7. The summed E-state index contributed by atoms with van der Waals surface area (Å²) in [7, 11) is -2.46. The van der Waals surface area contributed by atoms with E-state index in [1.54, 1.807) is 11.9 Å². The molecule has 1 fully saturated rings. The number of halogens is 5. The first-order valence-corrected chi connectivity index (χ1v) is 13.4. The quantitative estimate of drug-likeness (QED) is 0.442. The Morgan fingerprint density at radius 2 is 1.97 bits per heavy atom. The Bertz CT molecular complexity index is 1240. The summed E-state index contributed by atoms with van der Waals surface area (Å²) in [5.41, 5.74) is 1.27. The second-order valence-corrected chi connectivity index (χ2v) is 11.0. The van der Waals surface area contributed by atoms with Crippen LogP contribution in [0.5, 0.6) is 0 Å². The van der Waals surface area contributed by atoms with Crippen molar-refractivity contribution in [2.24, 2.45) is 4.99 Å². The summed E-state index contributed by atoms with van der Waals surface area (Å²) in [4.78, 5) is 5.09. The van der Waals surface area contributed by atoms with Gasteiger partial charge in [0.25, 0.3) is 0 Å². The van der Waals surface area contributed by atoms with Crippen molar-refractivity contribution in [3.05, 3.63) is 46.7 Å². The second-order valence-electron chi connectivity index (χ2n) is 8.06. The molecule has 4 rings (SSSR count). The SMILES string of the molecule is CNC1CCN(c2cc(C(F)(F)F)ccc2Nc2cc(F)c(S(=O)(=O)NC3CSC=N3)cc2Cl)C1. The summed E-state index contributed by atoms with van der Waals surface area (Å²) in [6.45, 7) is 1.01. The van der Waals surface area contributed by atoms with Crippen LogP contribution in [0.25, 0.3) is 0 Å². The molecule has 0 aromatic heterocycles. The van der Waals surface area contributed by atoms with E-state index >= 15 is 0 Å². The molecule has 190 valence electrons. The average molecular weight is 552 g/mol. The van der Waals surface area contributed by atoms with Gasteiger partial charge in [0.05, 0.1) is 33.2 Å². The molecule has 0 radical (unpaired) electrons. The molecule has 0 amide bonds. The maximum Gasteiger partial charge on any atom is 0.416 e. The molecule has 2 heterocycles. The molecule has 0 bridgehead atoms. The maximum absolute atomic E-state index is 14.9. The van der Waals surface area contributed by atoms with Crippen molar-refractivity contribution in [2.45, 2.75) is 29.7 Å². The van der Waals surface area contributed by atoms with Crippen LogP contribution >= 0.6 is 23.4 Å². The fraction of sp³-hybridized carbons (Fsp3) is 0.381. The molecule has 2 aliphatic rings. The third-order valence-corrected chi connectivity index (χ3v) is 8.27. The normalized spacial score (nSPS) is 20.6. The molecule has 2 aliphatic heterocycles. The monoisotopic (exact) mass is 551 g/mol. The standard InChI is InChI=1S/C21H22ClF4N5O2S2/c1-27-13-4-5-31(9-13)18-6-12(21(24,25)26)2-3-16(18)29-17-8-15(23)19(7-14(17)22)35(32,33)30-20-10-34-11-28-20/h2-3,6-8,11,13,20,27,29-30H,4-5,9-10H2,1H3. The van der Waals surface area contributed by atoms with Crippen LogP contribution in [0, 0.1) is 5.82 Å². The first kappa shape index (κ1) is 26.0. The van der Waals surface area contributed by atoms with E-state index in [9.17, 15) is 26.0 Å². The van der Waals surface area contributed by atoms with Gasteiger partial charge in [-0.3, -0.25) is 4.99 Å². The fourth-order valence-electron chi connectivity index (χ4n) is 3.87. The summed E-state index contributed by atoms with van der Waals surface area (Å²) in [6.07, 6.45) is -4.51. The highest BCUT2D eigenvalue weighted by Crippen LogP contribution is 2.39. The highest BCUT2D eigenvalue weighted by molar-refractivity contribution is 8.12. The minimum Gasteiger partial charge on any atom is -0.368 e. The van der Waals surface area contributed by atoms with Gasteiger partial charge in [0.2, 0.25) is 10.0 Å². The number of thioether (sulfide) groups is 1. The van der Waals surface area contributed by atoms with Crippen LogP contribution in [0.2, 0.25) is 5.02 Å². The molecule has 14 heteroatoms. The van der Waals surface area contributed by atoms with Crippen LogP contribution in [0.15, 0.2) is 40.2 Å². The molecule has 0 saturated carbocycles. The third kappa shape index (κ3) is 5.85. The Labute approximate surface area is 209 Å². The minimum absolute atomic E-state index is 0.0166. The van der Waals surface area contributed by atoms with Crippen molar-refractivity contribution in [3.8, 4) is 0 Å². The first-order chi connectivity index (χ1) is 16.5. The maximum atomic E-state index is 14.9. The number of nitrogens with zero attached hydrogens (tertiary/aromatic N) is 2. The highest BCUT2D eigenvalue weighted by atomic mass is 35.5. The zero-order valence-electron chi connectivity index (χ0n) is 18.4. The summed E-state index contributed by atoms with van der Waals surface area (Å²) >= 11 is 7.59.